The first-order chi connectivity index (χ1) is 13.4. The summed E-state index contributed by atoms with van der Waals surface area (Å²) >= 11 is 0. The SMILES string of the molecule is C1=C(CCCN2CCOCCOCCOCCOCC2)c2ccccc2C1. The van der Waals surface area contributed by atoms with Crippen molar-refractivity contribution in [2.24, 2.45) is 0 Å². The van der Waals surface area contributed by atoms with E-state index in [1.165, 1.54) is 16.7 Å². The Morgan fingerprint density at radius 2 is 1.33 bits per heavy atom. The van der Waals surface area contributed by atoms with E-state index in [4.69, 9.17) is 18.9 Å². The summed E-state index contributed by atoms with van der Waals surface area (Å²) in [4.78, 5) is 2.45. The number of ether oxygens (including phenoxy) is 4. The lowest BCUT2D eigenvalue weighted by Crippen LogP contribution is -2.32. The molecule has 27 heavy (non-hydrogen) atoms. The Bertz CT molecular complexity index is 559. The van der Waals surface area contributed by atoms with E-state index in [9.17, 15) is 0 Å². The van der Waals surface area contributed by atoms with Crippen LogP contribution in [0.3, 0.4) is 0 Å². The van der Waals surface area contributed by atoms with Gasteiger partial charge in [0.1, 0.15) is 0 Å². The molecule has 0 amide bonds. The first-order valence-corrected chi connectivity index (χ1v) is 10.2. The molecule has 0 unspecified atom stereocenters. The zero-order chi connectivity index (χ0) is 18.6. The Kier molecular flexibility index (Phi) is 9.31. The van der Waals surface area contributed by atoms with Crippen molar-refractivity contribution >= 4 is 5.57 Å². The van der Waals surface area contributed by atoms with Gasteiger partial charge in [-0.25, -0.2) is 0 Å². The number of benzene rings is 1. The lowest BCUT2D eigenvalue weighted by molar-refractivity contribution is 0.00206. The molecule has 1 saturated heterocycles. The van der Waals surface area contributed by atoms with Crippen LogP contribution in [0.5, 0.6) is 0 Å². The van der Waals surface area contributed by atoms with Crippen LogP contribution in [-0.4, -0.2) is 77.4 Å². The average molecular weight is 376 g/mol. The fraction of sp³-hybridized carbons (Fsp3) is 0.636. The van der Waals surface area contributed by atoms with Crippen molar-refractivity contribution in [3.63, 3.8) is 0 Å². The second kappa shape index (κ2) is 12.3. The Labute approximate surface area is 163 Å². The van der Waals surface area contributed by atoms with Crippen molar-refractivity contribution in [2.75, 3.05) is 72.5 Å². The van der Waals surface area contributed by atoms with Crippen molar-refractivity contribution in [3.05, 3.63) is 41.5 Å². The maximum atomic E-state index is 5.71. The summed E-state index contributed by atoms with van der Waals surface area (Å²) in [6.07, 6.45) is 5.77. The molecule has 0 saturated carbocycles. The van der Waals surface area contributed by atoms with Gasteiger partial charge in [-0.1, -0.05) is 30.3 Å². The molecule has 1 heterocycles. The van der Waals surface area contributed by atoms with Gasteiger partial charge in [0.05, 0.1) is 52.9 Å². The van der Waals surface area contributed by atoms with E-state index >= 15 is 0 Å². The summed E-state index contributed by atoms with van der Waals surface area (Å²) in [5, 5.41) is 0. The summed E-state index contributed by atoms with van der Waals surface area (Å²) < 4.78 is 22.4. The average Bonchev–Trinajstić information content (AvgIpc) is 3.09. The molecule has 0 atom stereocenters. The first-order valence-electron chi connectivity index (χ1n) is 10.2. The molecular weight excluding hydrogens is 342 g/mol. The van der Waals surface area contributed by atoms with Gasteiger partial charge in [0.15, 0.2) is 0 Å². The highest BCUT2D eigenvalue weighted by Gasteiger charge is 2.13. The largest absolute Gasteiger partial charge is 0.378 e. The zero-order valence-electron chi connectivity index (χ0n) is 16.4. The minimum atomic E-state index is 0.620. The lowest BCUT2D eigenvalue weighted by atomic mass is 10.0. The van der Waals surface area contributed by atoms with Gasteiger partial charge in [0.2, 0.25) is 0 Å². The summed E-state index contributed by atoms with van der Waals surface area (Å²) in [5.74, 6) is 0. The Balaban J connectivity index is 1.40. The quantitative estimate of drug-likeness (QED) is 0.809. The highest BCUT2D eigenvalue weighted by atomic mass is 16.6. The Hall–Kier alpha value is -1.24. The van der Waals surface area contributed by atoms with Crippen molar-refractivity contribution in [1.82, 2.24) is 4.90 Å². The number of rotatable bonds is 4. The van der Waals surface area contributed by atoms with Gasteiger partial charge in [-0.05, 0) is 42.5 Å². The van der Waals surface area contributed by atoms with Crippen LogP contribution in [-0.2, 0) is 25.4 Å². The molecule has 1 aromatic rings. The van der Waals surface area contributed by atoms with Crippen LogP contribution in [0.2, 0.25) is 0 Å². The molecule has 2 aliphatic rings. The third-order valence-corrected chi connectivity index (χ3v) is 5.07. The second-order valence-corrected chi connectivity index (χ2v) is 6.99. The second-order valence-electron chi connectivity index (χ2n) is 6.99. The van der Waals surface area contributed by atoms with Crippen LogP contribution >= 0.6 is 0 Å². The van der Waals surface area contributed by atoms with Crippen molar-refractivity contribution in [3.8, 4) is 0 Å². The molecule has 1 fully saturated rings. The third-order valence-electron chi connectivity index (χ3n) is 5.07. The number of nitrogens with zero attached hydrogens (tertiary/aromatic N) is 1. The van der Waals surface area contributed by atoms with Crippen molar-refractivity contribution in [2.45, 2.75) is 19.3 Å². The molecule has 1 aromatic carbocycles. The van der Waals surface area contributed by atoms with Gasteiger partial charge < -0.3 is 18.9 Å². The number of fused-ring (bicyclic) bond motifs is 1. The topological polar surface area (TPSA) is 40.2 Å². The van der Waals surface area contributed by atoms with Gasteiger partial charge in [0.25, 0.3) is 0 Å². The van der Waals surface area contributed by atoms with E-state index in [1.54, 1.807) is 0 Å². The van der Waals surface area contributed by atoms with Crippen LogP contribution in [0, 0.1) is 0 Å². The highest BCUT2D eigenvalue weighted by molar-refractivity contribution is 5.72. The summed E-state index contributed by atoms with van der Waals surface area (Å²) in [5.41, 5.74) is 4.42. The van der Waals surface area contributed by atoms with E-state index in [0.29, 0.717) is 39.6 Å². The van der Waals surface area contributed by atoms with Crippen LogP contribution in [0.25, 0.3) is 5.57 Å². The molecule has 0 N–H and O–H groups in total. The maximum Gasteiger partial charge on any atom is 0.0701 e. The normalized spacial score (nSPS) is 21.1. The molecular formula is C22H33NO4. The Morgan fingerprint density at radius 3 is 2.00 bits per heavy atom. The predicted octanol–water partition coefficient (Wildman–Crippen LogP) is 2.79. The monoisotopic (exact) mass is 375 g/mol. The molecule has 0 radical (unpaired) electrons. The van der Waals surface area contributed by atoms with Gasteiger partial charge in [-0.15, -0.1) is 0 Å². The molecule has 3 rings (SSSR count). The minimum absolute atomic E-state index is 0.620. The minimum Gasteiger partial charge on any atom is -0.378 e. The standard InChI is InChI=1S/C22H33NO4/c1-2-6-22-20(4-1)7-8-21(22)5-3-9-23-10-12-24-14-16-26-18-19-27-17-15-25-13-11-23/h1-2,4,6,8H,3,5,7,9-19H2. The van der Waals surface area contributed by atoms with Crippen LogP contribution in [0.4, 0.5) is 0 Å². The third kappa shape index (κ3) is 7.35. The lowest BCUT2D eigenvalue weighted by Gasteiger charge is -2.22. The van der Waals surface area contributed by atoms with E-state index in [0.717, 1.165) is 52.1 Å². The molecule has 1 aliphatic heterocycles. The molecule has 0 bridgehead atoms. The number of hydrogen-bond donors (Lipinski definition) is 0. The van der Waals surface area contributed by atoms with Gasteiger partial charge in [-0.2, -0.15) is 0 Å². The smallest absolute Gasteiger partial charge is 0.0701 e. The zero-order valence-corrected chi connectivity index (χ0v) is 16.4. The number of hydrogen-bond acceptors (Lipinski definition) is 5. The first kappa shape index (κ1) is 20.5. The Morgan fingerprint density at radius 1 is 0.741 bits per heavy atom. The molecule has 5 nitrogen and oxygen atoms in total. The highest BCUT2D eigenvalue weighted by Crippen LogP contribution is 2.30. The summed E-state index contributed by atoms with van der Waals surface area (Å²) in [7, 11) is 0. The van der Waals surface area contributed by atoms with E-state index in [-0.39, 0.29) is 0 Å². The summed E-state index contributed by atoms with van der Waals surface area (Å²) in [6.45, 7) is 8.23. The number of allylic oxidation sites excluding steroid dienone is 2. The van der Waals surface area contributed by atoms with E-state index in [1.807, 2.05) is 0 Å². The van der Waals surface area contributed by atoms with E-state index in [2.05, 4.69) is 35.2 Å². The van der Waals surface area contributed by atoms with Gasteiger partial charge >= 0.3 is 0 Å². The van der Waals surface area contributed by atoms with Gasteiger partial charge in [-0.3, -0.25) is 4.90 Å². The summed E-state index contributed by atoms with van der Waals surface area (Å²) in [6, 6.07) is 8.77. The van der Waals surface area contributed by atoms with Crippen LogP contribution in [0.15, 0.2) is 30.3 Å². The molecule has 0 aromatic heterocycles. The molecule has 5 heteroatoms. The van der Waals surface area contributed by atoms with Crippen molar-refractivity contribution in [1.29, 1.82) is 0 Å². The van der Waals surface area contributed by atoms with Gasteiger partial charge in [0, 0.05) is 13.1 Å². The van der Waals surface area contributed by atoms with E-state index < -0.39 is 0 Å². The fourth-order valence-electron chi connectivity index (χ4n) is 3.57. The van der Waals surface area contributed by atoms with Crippen molar-refractivity contribution < 1.29 is 18.9 Å². The fourth-order valence-corrected chi connectivity index (χ4v) is 3.57. The predicted molar refractivity (Wildman–Crippen MR) is 107 cm³/mol. The molecule has 1 aliphatic carbocycles. The maximum absolute atomic E-state index is 5.71. The molecule has 150 valence electrons. The molecule has 0 spiro atoms. The van der Waals surface area contributed by atoms with Crippen LogP contribution < -0.4 is 0 Å². The van der Waals surface area contributed by atoms with Crippen LogP contribution in [0.1, 0.15) is 24.0 Å².